The molecule has 0 fully saturated rings. The van der Waals surface area contributed by atoms with E-state index in [4.69, 9.17) is 11.5 Å². The van der Waals surface area contributed by atoms with Crippen LogP contribution in [-0.4, -0.2) is 16.8 Å². The maximum absolute atomic E-state index is 11.8. The van der Waals surface area contributed by atoms with Crippen LogP contribution in [-0.2, 0) is 11.2 Å². The van der Waals surface area contributed by atoms with E-state index in [9.17, 15) is 4.79 Å². The van der Waals surface area contributed by atoms with Gasteiger partial charge in [-0.3, -0.25) is 4.79 Å². The van der Waals surface area contributed by atoms with Crippen molar-refractivity contribution in [3.05, 3.63) is 23.9 Å². The van der Waals surface area contributed by atoms with Crippen molar-refractivity contribution in [3.63, 3.8) is 0 Å². The van der Waals surface area contributed by atoms with Crippen molar-refractivity contribution in [2.75, 3.05) is 5.73 Å². The molecule has 0 radical (unpaired) electrons. The minimum absolute atomic E-state index is 0.0555. The zero-order chi connectivity index (χ0) is 12.1. The molecule has 1 heterocycles. The van der Waals surface area contributed by atoms with Crippen molar-refractivity contribution < 1.29 is 4.79 Å². The summed E-state index contributed by atoms with van der Waals surface area (Å²) in [6.07, 6.45) is 2.84. The van der Waals surface area contributed by atoms with Crippen molar-refractivity contribution in [2.24, 2.45) is 11.7 Å². The van der Waals surface area contributed by atoms with E-state index in [-0.39, 0.29) is 17.7 Å². The highest BCUT2D eigenvalue weighted by atomic mass is 16.1. The van der Waals surface area contributed by atoms with Crippen LogP contribution in [0.2, 0.25) is 0 Å². The number of anilines is 1. The maximum Gasteiger partial charge on any atom is 0.154 e. The van der Waals surface area contributed by atoms with Gasteiger partial charge in [0.2, 0.25) is 0 Å². The normalized spacial score (nSPS) is 14.4. The zero-order valence-corrected chi connectivity index (χ0v) is 9.81. The number of carbonyl (C=O) groups excluding carboxylic acids is 1. The Morgan fingerprint density at radius 1 is 1.56 bits per heavy atom. The van der Waals surface area contributed by atoms with Gasteiger partial charge in [0, 0.05) is 12.6 Å². The average molecular weight is 221 g/mol. The third-order valence-electron chi connectivity index (χ3n) is 2.85. The second-order valence-corrected chi connectivity index (χ2v) is 4.14. The van der Waals surface area contributed by atoms with E-state index in [0.717, 1.165) is 12.0 Å². The molecule has 4 N–H and O–H groups in total. The number of Topliss-reactive ketones (excluding diaryl/α,β-unsaturated/α-hetero) is 1. The van der Waals surface area contributed by atoms with Gasteiger partial charge in [-0.15, -0.1) is 0 Å². The van der Waals surface area contributed by atoms with Crippen LogP contribution in [0.3, 0.4) is 0 Å². The molecule has 0 saturated heterocycles. The fourth-order valence-electron chi connectivity index (χ4n) is 1.49. The molecule has 1 aromatic rings. The Bertz CT molecular complexity index is 365. The van der Waals surface area contributed by atoms with Gasteiger partial charge in [0.25, 0.3) is 0 Å². The van der Waals surface area contributed by atoms with Crippen LogP contribution in [0.15, 0.2) is 18.3 Å². The average Bonchev–Trinajstić information content (AvgIpc) is 2.27. The van der Waals surface area contributed by atoms with Gasteiger partial charge in [-0.1, -0.05) is 20.3 Å². The second kappa shape index (κ2) is 5.61. The lowest BCUT2D eigenvalue weighted by Gasteiger charge is -2.16. The van der Waals surface area contributed by atoms with E-state index in [1.54, 1.807) is 18.3 Å². The number of rotatable bonds is 5. The Morgan fingerprint density at radius 3 is 2.81 bits per heavy atom. The highest BCUT2D eigenvalue weighted by Crippen LogP contribution is 2.10. The van der Waals surface area contributed by atoms with Crippen LogP contribution in [0.1, 0.15) is 25.8 Å². The molecule has 0 aliphatic heterocycles. The van der Waals surface area contributed by atoms with Crippen LogP contribution >= 0.6 is 0 Å². The van der Waals surface area contributed by atoms with Gasteiger partial charge in [0.05, 0.1) is 6.04 Å². The summed E-state index contributed by atoms with van der Waals surface area (Å²) in [6, 6.07) is 3.11. The molecule has 0 bridgehead atoms. The first kappa shape index (κ1) is 12.6. The summed E-state index contributed by atoms with van der Waals surface area (Å²) in [6.45, 7) is 4.02. The summed E-state index contributed by atoms with van der Waals surface area (Å²) >= 11 is 0. The highest BCUT2D eigenvalue weighted by Gasteiger charge is 2.19. The number of carbonyl (C=O) groups is 1. The first-order chi connectivity index (χ1) is 7.54. The number of ketones is 1. The van der Waals surface area contributed by atoms with Gasteiger partial charge in [-0.2, -0.15) is 0 Å². The third kappa shape index (κ3) is 3.31. The summed E-state index contributed by atoms with van der Waals surface area (Å²) in [5.74, 6) is 0.703. The predicted molar refractivity (Wildman–Crippen MR) is 64.8 cm³/mol. The maximum atomic E-state index is 11.8. The first-order valence-corrected chi connectivity index (χ1v) is 5.53. The molecule has 0 aromatic carbocycles. The number of hydrogen-bond donors (Lipinski definition) is 2. The van der Waals surface area contributed by atoms with Crippen LogP contribution in [0.5, 0.6) is 0 Å². The van der Waals surface area contributed by atoms with Crippen molar-refractivity contribution >= 4 is 11.6 Å². The van der Waals surface area contributed by atoms with E-state index < -0.39 is 0 Å². The molecule has 0 amide bonds. The summed E-state index contributed by atoms with van der Waals surface area (Å²) < 4.78 is 0. The lowest BCUT2D eigenvalue weighted by Crippen LogP contribution is -2.37. The standard InChI is InChI=1S/C12H19N3O/c1-3-8(2)12(14)10(16)6-9-4-5-15-11(13)7-9/h4-5,7-8,12H,3,6,14H2,1-2H3,(H2,13,15). The summed E-state index contributed by atoms with van der Waals surface area (Å²) in [7, 11) is 0. The molecule has 2 unspecified atom stereocenters. The van der Waals surface area contributed by atoms with Gasteiger partial charge in [0.1, 0.15) is 5.82 Å². The van der Waals surface area contributed by atoms with Crippen LogP contribution in [0, 0.1) is 5.92 Å². The molecular formula is C12H19N3O. The van der Waals surface area contributed by atoms with Crippen LogP contribution in [0.25, 0.3) is 0 Å². The molecule has 2 atom stereocenters. The second-order valence-electron chi connectivity index (χ2n) is 4.14. The Labute approximate surface area is 96.0 Å². The molecule has 4 nitrogen and oxygen atoms in total. The molecule has 1 rings (SSSR count). The van der Waals surface area contributed by atoms with Crippen molar-refractivity contribution in [3.8, 4) is 0 Å². The molecule has 16 heavy (non-hydrogen) atoms. The van der Waals surface area contributed by atoms with E-state index in [1.807, 2.05) is 13.8 Å². The molecular weight excluding hydrogens is 202 g/mol. The molecule has 0 aliphatic carbocycles. The van der Waals surface area contributed by atoms with Gasteiger partial charge in [0.15, 0.2) is 5.78 Å². The summed E-state index contributed by atoms with van der Waals surface area (Å²) in [5, 5.41) is 0. The fourth-order valence-corrected chi connectivity index (χ4v) is 1.49. The number of nitrogens with two attached hydrogens (primary N) is 2. The SMILES string of the molecule is CCC(C)C(N)C(=O)Cc1ccnc(N)c1. The molecule has 4 heteroatoms. The van der Waals surface area contributed by atoms with E-state index in [0.29, 0.717) is 12.2 Å². The molecule has 1 aromatic heterocycles. The van der Waals surface area contributed by atoms with Gasteiger partial charge in [-0.05, 0) is 23.6 Å². The molecule has 0 saturated carbocycles. The van der Waals surface area contributed by atoms with E-state index in [2.05, 4.69) is 4.98 Å². The number of aromatic nitrogens is 1. The number of hydrogen-bond acceptors (Lipinski definition) is 4. The van der Waals surface area contributed by atoms with Crippen LogP contribution in [0.4, 0.5) is 5.82 Å². The first-order valence-electron chi connectivity index (χ1n) is 5.53. The fraction of sp³-hybridized carbons (Fsp3) is 0.500. The Kier molecular flexibility index (Phi) is 4.43. The summed E-state index contributed by atoms with van der Waals surface area (Å²) in [4.78, 5) is 15.7. The number of nitrogens with zero attached hydrogens (tertiary/aromatic N) is 1. The molecule has 88 valence electrons. The molecule has 0 spiro atoms. The topological polar surface area (TPSA) is 82.0 Å². The Hall–Kier alpha value is -1.42. The van der Waals surface area contributed by atoms with Crippen molar-refractivity contribution in [1.29, 1.82) is 0 Å². The monoisotopic (exact) mass is 221 g/mol. The van der Waals surface area contributed by atoms with Gasteiger partial charge < -0.3 is 11.5 Å². The lowest BCUT2D eigenvalue weighted by molar-refractivity contribution is -0.120. The van der Waals surface area contributed by atoms with Crippen molar-refractivity contribution in [1.82, 2.24) is 4.98 Å². The third-order valence-corrected chi connectivity index (χ3v) is 2.85. The minimum Gasteiger partial charge on any atom is -0.384 e. The van der Waals surface area contributed by atoms with Crippen molar-refractivity contribution in [2.45, 2.75) is 32.7 Å². The Balaban J connectivity index is 2.64. The lowest BCUT2D eigenvalue weighted by atomic mass is 9.93. The molecule has 0 aliphatic rings. The number of pyridine rings is 1. The van der Waals surface area contributed by atoms with E-state index in [1.165, 1.54) is 0 Å². The van der Waals surface area contributed by atoms with Gasteiger partial charge in [-0.25, -0.2) is 4.98 Å². The predicted octanol–water partition coefficient (Wildman–Crippen LogP) is 1.15. The summed E-state index contributed by atoms with van der Waals surface area (Å²) in [5.41, 5.74) is 12.3. The Morgan fingerprint density at radius 2 is 2.25 bits per heavy atom. The van der Waals surface area contributed by atoms with E-state index >= 15 is 0 Å². The number of nitrogen functional groups attached to an aromatic ring is 1. The van der Waals surface area contributed by atoms with Crippen LogP contribution < -0.4 is 11.5 Å². The largest absolute Gasteiger partial charge is 0.384 e. The highest BCUT2D eigenvalue weighted by molar-refractivity contribution is 5.86. The zero-order valence-electron chi connectivity index (χ0n) is 9.81. The smallest absolute Gasteiger partial charge is 0.154 e. The minimum atomic E-state index is -0.389. The van der Waals surface area contributed by atoms with Gasteiger partial charge >= 0.3 is 0 Å². The quantitative estimate of drug-likeness (QED) is 0.781.